The number of hydrogen-bond donors (Lipinski definition) is 1. The molecular formula is C12H16N2O. The number of nitrogens with zero attached hydrogens (tertiary/aromatic N) is 1. The third-order valence-electron chi connectivity index (χ3n) is 3.06. The highest BCUT2D eigenvalue weighted by Gasteiger charge is 2.39. The molecule has 1 unspecified atom stereocenters. The van der Waals surface area contributed by atoms with Gasteiger partial charge in [0.1, 0.15) is 0 Å². The molecular weight excluding hydrogens is 188 g/mol. The number of hydrogen-bond acceptors (Lipinski definition) is 2. The van der Waals surface area contributed by atoms with E-state index in [4.69, 9.17) is 0 Å². The maximum absolute atomic E-state index is 11.4. The summed E-state index contributed by atoms with van der Waals surface area (Å²) < 4.78 is 0. The topological polar surface area (TPSA) is 42.0 Å². The molecule has 1 fully saturated rings. The number of aryl methyl sites for hydroxylation is 1. The molecule has 1 aliphatic heterocycles. The molecule has 0 aliphatic carbocycles. The molecule has 1 saturated heterocycles. The first-order chi connectivity index (χ1) is 6.99. The highest BCUT2D eigenvalue weighted by Crippen LogP contribution is 2.35. The van der Waals surface area contributed by atoms with Crippen molar-refractivity contribution < 1.29 is 4.79 Å². The largest absolute Gasteiger partial charge is 0.351 e. The standard InChI is InChI=1S/C12H16N2O/c1-8-4-5-9(7-13-8)10-6-11(15)14-12(10,2)3/h4-5,7,10H,6H2,1-3H3,(H,14,15). The van der Waals surface area contributed by atoms with E-state index in [0.29, 0.717) is 6.42 Å². The highest BCUT2D eigenvalue weighted by atomic mass is 16.2. The number of rotatable bonds is 1. The number of aromatic nitrogens is 1. The summed E-state index contributed by atoms with van der Waals surface area (Å²) in [4.78, 5) is 15.7. The Morgan fingerprint density at radius 1 is 1.47 bits per heavy atom. The number of amides is 1. The summed E-state index contributed by atoms with van der Waals surface area (Å²) in [6.45, 7) is 6.08. The lowest BCUT2D eigenvalue weighted by molar-refractivity contribution is -0.119. The van der Waals surface area contributed by atoms with Gasteiger partial charge in [-0.1, -0.05) is 6.07 Å². The first kappa shape index (κ1) is 10.1. The van der Waals surface area contributed by atoms with Crippen LogP contribution in [0.4, 0.5) is 0 Å². The average Bonchev–Trinajstić information content (AvgIpc) is 2.41. The Labute approximate surface area is 89.9 Å². The van der Waals surface area contributed by atoms with Crippen LogP contribution in [-0.2, 0) is 4.79 Å². The van der Waals surface area contributed by atoms with Crippen molar-refractivity contribution in [3.63, 3.8) is 0 Å². The summed E-state index contributed by atoms with van der Waals surface area (Å²) in [5, 5.41) is 2.99. The Morgan fingerprint density at radius 3 is 2.67 bits per heavy atom. The van der Waals surface area contributed by atoms with E-state index < -0.39 is 0 Å². The molecule has 0 radical (unpaired) electrons. The van der Waals surface area contributed by atoms with Crippen molar-refractivity contribution in [3.8, 4) is 0 Å². The molecule has 2 heterocycles. The fourth-order valence-electron chi connectivity index (χ4n) is 2.16. The second-order valence-corrected chi connectivity index (χ2v) is 4.76. The second kappa shape index (κ2) is 3.33. The first-order valence-electron chi connectivity index (χ1n) is 5.22. The van der Waals surface area contributed by atoms with E-state index in [1.165, 1.54) is 0 Å². The molecule has 15 heavy (non-hydrogen) atoms. The molecule has 0 saturated carbocycles. The zero-order valence-corrected chi connectivity index (χ0v) is 9.37. The molecule has 1 N–H and O–H groups in total. The molecule has 1 amide bonds. The van der Waals surface area contributed by atoms with Gasteiger partial charge in [0.25, 0.3) is 0 Å². The van der Waals surface area contributed by atoms with Crippen LogP contribution in [0, 0.1) is 6.92 Å². The van der Waals surface area contributed by atoms with Gasteiger partial charge in [0, 0.05) is 29.8 Å². The third-order valence-corrected chi connectivity index (χ3v) is 3.06. The minimum Gasteiger partial charge on any atom is -0.351 e. The molecule has 3 heteroatoms. The molecule has 1 aliphatic rings. The van der Waals surface area contributed by atoms with Gasteiger partial charge in [0.05, 0.1) is 0 Å². The fraction of sp³-hybridized carbons (Fsp3) is 0.500. The van der Waals surface area contributed by atoms with Crippen LogP contribution in [0.2, 0.25) is 0 Å². The Balaban J connectivity index is 2.31. The van der Waals surface area contributed by atoms with Gasteiger partial charge in [-0.25, -0.2) is 0 Å². The number of nitrogens with one attached hydrogen (secondary N) is 1. The summed E-state index contributed by atoms with van der Waals surface area (Å²) in [5.41, 5.74) is 1.99. The summed E-state index contributed by atoms with van der Waals surface area (Å²) in [6, 6.07) is 4.06. The van der Waals surface area contributed by atoms with Crippen LogP contribution in [0.1, 0.15) is 37.4 Å². The molecule has 0 aromatic carbocycles. The molecule has 1 aromatic heterocycles. The number of pyridine rings is 1. The minimum absolute atomic E-state index is 0.130. The van der Waals surface area contributed by atoms with Crippen molar-refractivity contribution in [3.05, 3.63) is 29.6 Å². The second-order valence-electron chi connectivity index (χ2n) is 4.76. The fourth-order valence-corrected chi connectivity index (χ4v) is 2.16. The van der Waals surface area contributed by atoms with E-state index in [1.807, 2.05) is 19.2 Å². The van der Waals surface area contributed by atoms with Gasteiger partial charge in [0.15, 0.2) is 0 Å². The van der Waals surface area contributed by atoms with Crippen molar-refractivity contribution in [2.24, 2.45) is 0 Å². The molecule has 80 valence electrons. The first-order valence-corrected chi connectivity index (χ1v) is 5.22. The Bertz CT molecular complexity index is 381. The van der Waals surface area contributed by atoms with E-state index in [9.17, 15) is 4.79 Å². The summed E-state index contributed by atoms with van der Waals surface area (Å²) >= 11 is 0. The third kappa shape index (κ3) is 1.87. The van der Waals surface area contributed by atoms with Gasteiger partial charge in [-0.3, -0.25) is 9.78 Å². The Hall–Kier alpha value is -1.38. The Morgan fingerprint density at radius 2 is 2.20 bits per heavy atom. The maximum Gasteiger partial charge on any atom is 0.221 e. The van der Waals surface area contributed by atoms with Crippen molar-refractivity contribution >= 4 is 5.91 Å². The summed E-state index contributed by atoms with van der Waals surface area (Å²) in [5.74, 6) is 0.365. The van der Waals surface area contributed by atoms with E-state index in [-0.39, 0.29) is 17.4 Å². The zero-order valence-electron chi connectivity index (χ0n) is 9.37. The van der Waals surface area contributed by atoms with E-state index in [1.54, 1.807) is 0 Å². The van der Waals surface area contributed by atoms with Gasteiger partial charge in [0.2, 0.25) is 5.91 Å². The van der Waals surface area contributed by atoms with E-state index in [0.717, 1.165) is 11.3 Å². The quantitative estimate of drug-likeness (QED) is 0.757. The summed E-state index contributed by atoms with van der Waals surface area (Å²) in [7, 11) is 0. The smallest absolute Gasteiger partial charge is 0.221 e. The molecule has 0 spiro atoms. The van der Waals surface area contributed by atoms with Crippen molar-refractivity contribution in [1.82, 2.24) is 10.3 Å². The van der Waals surface area contributed by atoms with Crippen LogP contribution in [0.5, 0.6) is 0 Å². The average molecular weight is 204 g/mol. The lowest BCUT2D eigenvalue weighted by Gasteiger charge is -2.26. The highest BCUT2D eigenvalue weighted by molar-refractivity contribution is 5.81. The molecule has 3 nitrogen and oxygen atoms in total. The van der Waals surface area contributed by atoms with Crippen molar-refractivity contribution in [2.75, 3.05) is 0 Å². The monoisotopic (exact) mass is 204 g/mol. The zero-order chi connectivity index (χ0) is 11.1. The molecule has 0 bridgehead atoms. The maximum atomic E-state index is 11.4. The van der Waals surface area contributed by atoms with Crippen LogP contribution in [0.3, 0.4) is 0 Å². The normalized spacial score (nSPS) is 23.9. The lowest BCUT2D eigenvalue weighted by atomic mass is 9.84. The van der Waals surface area contributed by atoms with Gasteiger partial charge < -0.3 is 5.32 Å². The van der Waals surface area contributed by atoms with Crippen LogP contribution >= 0.6 is 0 Å². The predicted molar refractivity (Wildman–Crippen MR) is 58.6 cm³/mol. The number of carbonyl (C=O) groups is 1. The predicted octanol–water partition coefficient (Wildman–Crippen LogP) is 1.77. The Kier molecular flexibility index (Phi) is 2.25. The lowest BCUT2D eigenvalue weighted by Crippen LogP contribution is -2.38. The van der Waals surface area contributed by atoms with Crippen molar-refractivity contribution in [2.45, 2.75) is 38.6 Å². The van der Waals surface area contributed by atoms with Crippen LogP contribution in [0.15, 0.2) is 18.3 Å². The van der Waals surface area contributed by atoms with Gasteiger partial charge >= 0.3 is 0 Å². The number of carbonyl (C=O) groups excluding carboxylic acids is 1. The molecule has 1 atom stereocenters. The van der Waals surface area contributed by atoms with E-state index in [2.05, 4.69) is 30.2 Å². The van der Waals surface area contributed by atoms with E-state index >= 15 is 0 Å². The molecule has 2 rings (SSSR count). The molecule has 1 aromatic rings. The van der Waals surface area contributed by atoms with Gasteiger partial charge in [-0.2, -0.15) is 0 Å². The van der Waals surface area contributed by atoms with Gasteiger partial charge in [-0.15, -0.1) is 0 Å². The van der Waals surface area contributed by atoms with Crippen LogP contribution < -0.4 is 5.32 Å². The van der Waals surface area contributed by atoms with Gasteiger partial charge in [-0.05, 0) is 32.4 Å². The van der Waals surface area contributed by atoms with Crippen LogP contribution in [0.25, 0.3) is 0 Å². The summed E-state index contributed by atoms with van der Waals surface area (Å²) in [6.07, 6.45) is 2.44. The minimum atomic E-state index is -0.159. The van der Waals surface area contributed by atoms with Crippen molar-refractivity contribution in [1.29, 1.82) is 0 Å². The SMILES string of the molecule is Cc1ccc(C2CC(=O)NC2(C)C)cn1. The van der Waals surface area contributed by atoms with Crippen LogP contribution in [-0.4, -0.2) is 16.4 Å².